The van der Waals surface area contributed by atoms with Crippen molar-refractivity contribution in [2.24, 2.45) is 4.99 Å². The molecule has 1 heterocycles. The molecule has 2 N–H and O–H groups in total. The molecule has 0 unspecified atom stereocenters. The van der Waals surface area contributed by atoms with Crippen LogP contribution >= 0.6 is 35.3 Å². The monoisotopic (exact) mass is 355 g/mol. The molecule has 0 saturated carbocycles. The summed E-state index contributed by atoms with van der Waals surface area (Å²) in [4.78, 5) is 4.01. The summed E-state index contributed by atoms with van der Waals surface area (Å²) in [5, 5.41) is 16.4. The maximum atomic E-state index is 4.11. The van der Waals surface area contributed by atoms with Crippen molar-refractivity contribution in [3.8, 4) is 0 Å². The lowest BCUT2D eigenvalue weighted by atomic mass is 10.2. The van der Waals surface area contributed by atoms with Gasteiger partial charge in [0.2, 0.25) is 0 Å². The van der Waals surface area contributed by atoms with E-state index < -0.39 is 0 Å². The number of aliphatic imine (C=N–C) groups is 1. The highest BCUT2D eigenvalue weighted by Gasteiger charge is 2.07. The van der Waals surface area contributed by atoms with Gasteiger partial charge in [0, 0.05) is 20.0 Å². The Morgan fingerprint density at radius 1 is 1.44 bits per heavy atom. The van der Waals surface area contributed by atoms with Crippen LogP contribution in [0.25, 0.3) is 0 Å². The van der Waals surface area contributed by atoms with E-state index in [9.17, 15) is 0 Å². The number of hydrogen-bond donors (Lipinski definition) is 2. The van der Waals surface area contributed by atoms with E-state index in [1.54, 1.807) is 18.4 Å². The summed E-state index contributed by atoms with van der Waals surface area (Å²) in [7, 11) is 3.56. The van der Waals surface area contributed by atoms with Gasteiger partial charge in [0.1, 0.15) is 10.0 Å². The van der Waals surface area contributed by atoms with Gasteiger partial charge >= 0.3 is 0 Å². The number of nitrogens with zero attached hydrogens (tertiary/aromatic N) is 3. The average molecular weight is 355 g/mol. The van der Waals surface area contributed by atoms with Crippen LogP contribution in [0.3, 0.4) is 0 Å². The highest BCUT2D eigenvalue weighted by Crippen LogP contribution is 2.18. The maximum absolute atomic E-state index is 4.11. The smallest absolute Gasteiger partial charge is 0.191 e. The van der Waals surface area contributed by atoms with Crippen molar-refractivity contribution < 1.29 is 0 Å². The van der Waals surface area contributed by atoms with Gasteiger partial charge in [-0.3, -0.25) is 4.99 Å². The zero-order valence-corrected chi connectivity index (χ0v) is 13.1. The Kier molecular flexibility index (Phi) is 7.56. The molecule has 0 atom stereocenters. The fraction of sp³-hybridized carbons (Fsp3) is 0.667. The summed E-state index contributed by atoms with van der Waals surface area (Å²) in [5.41, 5.74) is 0. The van der Waals surface area contributed by atoms with Crippen molar-refractivity contribution in [2.45, 2.75) is 26.3 Å². The Hall–Kier alpha value is -0.440. The summed E-state index contributed by atoms with van der Waals surface area (Å²) >= 11 is 1.64. The van der Waals surface area contributed by atoms with Gasteiger partial charge in [-0.25, -0.2) is 0 Å². The van der Waals surface area contributed by atoms with Gasteiger partial charge in [-0.2, -0.15) is 0 Å². The minimum atomic E-state index is 0. The van der Waals surface area contributed by atoms with Crippen LogP contribution in [0, 0.1) is 0 Å². The number of hydrogen-bond acceptors (Lipinski definition) is 4. The molecule has 1 aromatic heterocycles. The van der Waals surface area contributed by atoms with E-state index in [1.807, 2.05) is 7.05 Å². The van der Waals surface area contributed by atoms with Gasteiger partial charge in [-0.15, -0.1) is 34.2 Å². The van der Waals surface area contributed by atoms with Crippen LogP contribution in [-0.4, -0.2) is 30.3 Å². The third-order valence-corrected chi connectivity index (χ3v) is 3.07. The van der Waals surface area contributed by atoms with Gasteiger partial charge in [-0.05, 0) is 0 Å². The third kappa shape index (κ3) is 4.60. The third-order valence-electron chi connectivity index (χ3n) is 1.84. The molecule has 0 bridgehead atoms. The SMILES string of the molecule is CN=C(NC)NCc1nnc(C(C)C)s1.I. The standard InChI is InChI=1S/C9H17N5S.HI/c1-6(2)8-14-13-7(15-8)5-12-9(10-3)11-4;/h6H,5H2,1-4H3,(H2,10,11,12);1H. The molecule has 0 aliphatic heterocycles. The number of guanidine groups is 1. The Labute approximate surface area is 117 Å². The highest BCUT2D eigenvalue weighted by molar-refractivity contribution is 14.0. The molecule has 0 saturated heterocycles. The number of rotatable bonds is 3. The lowest BCUT2D eigenvalue weighted by molar-refractivity contribution is 0.800. The summed E-state index contributed by atoms with van der Waals surface area (Å²) in [6, 6.07) is 0. The van der Waals surface area contributed by atoms with Gasteiger partial charge in [0.05, 0.1) is 6.54 Å². The first-order valence-electron chi connectivity index (χ1n) is 4.88. The van der Waals surface area contributed by atoms with Crippen molar-refractivity contribution in [1.82, 2.24) is 20.8 Å². The van der Waals surface area contributed by atoms with Gasteiger partial charge in [0.25, 0.3) is 0 Å². The molecule has 0 aliphatic carbocycles. The fourth-order valence-electron chi connectivity index (χ4n) is 1.01. The summed E-state index contributed by atoms with van der Waals surface area (Å²) in [6.45, 7) is 4.90. The zero-order chi connectivity index (χ0) is 11.3. The molecular formula is C9H18IN5S. The van der Waals surface area contributed by atoms with Crippen LogP contribution < -0.4 is 10.6 Å². The van der Waals surface area contributed by atoms with Crippen LogP contribution in [-0.2, 0) is 6.54 Å². The Morgan fingerprint density at radius 3 is 2.56 bits per heavy atom. The van der Waals surface area contributed by atoms with E-state index in [4.69, 9.17) is 0 Å². The number of nitrogens with one attached hydrogen (secondary N) is 2. The van der Waals surface area contributed by atoms with Crippen LogP contribution in [0.1, 0.15) is 29.8 Å². The van der Waals surface area contributed by atoms with Crippen LogP contribution in [0.4, 0.5) is 0 Å². The Morgan fingerprint density at radius 2 is 2.12 bits per heavy atom. The topological polar surface area (TPSA) is 62.2 Å². The normalized spacial score (nSPS) is 11.2. The Bertz CT molecular complexity index is 336. The van der Waals surface area contributed by atoms with Gasteiger partial charge in [0.15, 0.2) is 5.96 Å². The van der Waals surface area contributed by atoms with E-state index >= 15 is 0 Å². The van der Waals surface area contributed by atoms with Gasteiger partial charge in [-0.1, -0.05) is 25.2 Å². The molecule has 0 amide bonds. The van der Waals surface area contributed by atoms with Crippen molar-refractivity contribution >= 4 is 41.3 Å². The second-order valence-corrected chi connectivity index (χ2v) is 4.46. The summed E-state index contributed by atoms with van der Waals surface area (Å²) < 4.78 is 0. The molecule has 1 aromatic rings. The van der Waals surface area contributed by atoms with E-state index in [-0.39, 0.29) is 24.0 Å². The van der Waals surface area contributed by atoms with Crippen molar-refractivity contribution in [1.29, 1.82) is 0 Å². The van der Waals surface area contributed by atoms with E-state index in [2.05, 4.69) is 39.7 Å². The first kappa shape index (κ1) is 15.6. The molecule has 5 nitrogen and oxygen atoms in total. The number of halogens is 1. The lowest BCUT2D eigenvalue weighted by Gasteiger charge is -2.05. The number of aromatic nitrogens is 2. The van der Waals surface area contributed by atoms with Crippen LogP contribution in [0.2, 0.25) is 0 Å². The lowest BCUT2D eigenvalue weighted by Crippen LogP contribution is -2.34. The minimum Gasteiger partial charge on any atom is -0.359 e. The molecule has 1 rings (SSSR count). The quantitative estimate of drug-likeness (QED) is 0.491. The minimum absolute atomic E-state index is 0. The van der Waals surface area contributed by atoms with Crippen LogP contribution in [0.15, 0.2) is 4.99 Å². The summed E-state index contributed by atoms with van der Waals surface area (Å²) in [6.07, 6.45) is 0. The second-order valence-electron chi connectivity index (χ2n) is 3.36. The highest BCUT2D eigenvalue weighted by atomic mass is 127. The molecule has 0 aliphatic rings. The largest absolute Gasteiger partial charge is 0.359 e. The van der Waals surface area contributed by atoms with E-state index in [0.29, 0.717) is 12.5 Å². The van der Waals surface area contributed by atoms with Crippen molar-refractivity contribution in [2.75, 3.05) is 14.1 Å². The van der Waals surface area contributed by atoms with E-state index in [1.165, 1.54) is 0 Å². The van der Waals surface area contributed by atoms with E-state index in [0.717, 1.165) is 16.0 Å². The van der Waals surface area contributed by atoms with Crippen molar-refractivity contribution in [3.63, 3.8) is 0 Å². The van der Waals surface area contributed by atoms with Crippen molar-refractivity contribution in [3.05, 3.63) is 10.0 Å². The molecular weight excluding hydrogens is 337 g/mol. The molecule has 0 aromatic carbocycles. The molecule has 0 fully saturated rings. The summed E-state index contributed by atoms with van der Waals surface area (Å²) in [5.74, 6) is 1.20. The fourth-order valence-corrected chi connectivity index (χ4v) is 1.79. The molecule has 92 valence electrons. The molecule has 7 heteroatoms. The predicted octanol–water partition coefficient (Wildman–Crippen LogP) is 1.57. The second kappa shape index (κ2) is 7.77. The zero-order valence-electron chi connectivity index (χ0n) is 9.94. The predicted molar refractivity (Wildman–Crippen MR) is 78.7 cm³/mol. The molecule has 16 heavy (non-hydrogen) atoms. The van der Waals surface area contributed by atoms with Gasteiger partial charge < -0.3 is 10.6 Å². The first-order chi connectivity index (χ1) is 7.17. The molecule has 0 spiro atoms. The maximum Gasteiger partial charge on any atom is 0.191 e. The first-order valence-corrected chi connectivity index (χ1v) is 5.69. The molecule has 0 radical (unpaired) electrons. The Balaban J connectivity index is 0.00000225. The average Bonchev–Trinajstić information content (AvgIpc) is 2.68. The van der Waals surface area contributed by atoms with Crippen LogP contribution in [0.5, 0.6) is 0 Å².